The zero-order valence-electron chi connectivity index (χ0n) is 8.06. The first-order valence-electron chi connectivity index (χ1n) is 4.28. The second kappa shape index (κ2) is 3.75. The van der Waals surface area contributed by atoms with E-state index in [0.717, 1.165) is 16.4 Å². The van der Waals surface area contributed by atoms with Crippen molar-refractivity contribution in [1.29, 1.82) is 0 Å². The maximum atomic E-state index is 4.29. The van der Waals surface area contributed by atoms with Gasteiger partial charge in [0.25, 0.3) is 0 Å². The van der Waals surface area contributed by atoms with Crippen molar-refractivity contribution >= 4 is 16.5 Å². The number of hydrogen-bond donors (Lipinski definition) is 1. The molecule has 74 valence electrons. The van der Waals surface area contributed by atoms with Crippen LogP contribution in [-0.4, -0.2) is 26.4 Å². The number of aromatic nitrogens is 4. The van der Waals surface area contributed by atoms with Crippen molar-refractivity contribution in [3.63, 3.8) is 0 Å². The molecule has 0 spiro atoms. The van der Waals surface area contributed by atoms with Gasteiger partial charge in [-0.2, -0.15) is 5.10 Å². The van der Waals surface area contributed by atoms with E-state index in [1.54, 1.807) is 0 Å². The summed E-state index contributed by atoms with van der Waals surface area (Å²) in [6.45, 7) is 2.63. The molecule has 2 heterocycles. The van der Waals surface area contributed by atoms with Crippen molar-refractivity contribution < 1.29 is 0 Å². The van der Waals surface area contributed by atoms with Crippen molar-refractivity contribution in [2.24, 2.45) is 0 Å². The summed E-state index contributed by atoms with van der Waals surface area (Å²) in [5, 5.41) is 12.4. The number of nitrogens with zero attached hydrogens (tertiary/aromatic N) is 4. The molecule has 0 radical (unpaired) electrons. The summed E-state index contributed by atoms with van der Waals surface area (Å²) in [7, 11) is 1.87. The van der Waals surface area contributed by atoms with Crippen molar-refractivity contribution in [2.45, 2.75) is 13.5 Å². The Bertz CT molecular complexity index is 419. The molecule has 0 atom stereocenters. The monoisotopic (exact) mass is 209 g/mol. The third kappa shape index (κ3) is 1.74. The van der Waals surface area contributed by atoms with Crippen LogP contribution in [0, 0.1) is 6.92 Å². The highest BCUT2D eigenvalue weighted by Gasteiger charge is 2.06. The average Bonchev–Trinajstić information content (AvgIpc) is 2.76. The quantitative estimate of drug-likeness (QED) is 0.823. The Kier molecular flexibility index (Phi) is 2.45. The standard InChI is InChI=1S/C8H11N5S/c1-6-3-4-13(11-6)5-7-8(9-2)14-12-10-7/h3-4,9H,5H2,1-2H3. The highest BCUT2D eigenvalue weighted by Crippen LogP contribution is 2.17. The summed E-state index contributed by atoms with van der Waals surface area (Å²) in [5.41, 5.74) is 1.94. The molecule has 6 heteroatoms. The van der Waals surface area contributed by atoms with Crippen LogP contribution in [0.1, 0.15) is 11.4 Å². The topological polar surface area (TPSA) is 55.6 Å². The Morgan fingerprint density at radius 2 is 2.43 bits per heavy atom. The van der Waals surface area contributed by atoms with Gasteiger partial charge < -0.3 is 5.32 Å². The number of aryl methyl sites for hydroxylation is 1. The fourth-order valence-electron chi connectivity index (χ4n) is 1.21. The predicted octanol–water partition coefficient (Wildman–Crippen LogP) is 1.13. The lowest BCUT2D eigenvalue weighted by atomic mass is 10.4. The Morgan fingerprint density at radius 1 is 1.57 bits per heavy atom. The van der Waals surface area contributed by atoms with E-state index < -0.39 is 0 Å². The van der Waals surface area contributed by atoms with E-state index in [2.05, 4.69) is 20.0 Å². The molecular formula is C8H11N5S. The molecule has 2 aromatic heterocycles. The Balaban J connectivity index is 2.18. The van der Waals surface area contributed by atoms with Gasteiger partial charge in [0.05, 0.1) is 12.2 Å². The van der Waals surface area contributed by atoms with Crippen LogP contribution < -0.4 is 5.32 Å². The summed E-state index contributed by atoms with van der Waals surface area (Å²) in [5.74, 6) is 0. The normalized spacial score (nSPS) is 10.4. The molecule has 2 aromatic rings. The van der Waals surface area contributed by atoms with Crippen LogP contribution in [0.25, 0.3) is 0 Å². The number of anilines is 1. The Labute approximate surface area is 85.9 Å². The minimum Gasteiger partial charge on any atom is -0.377 e. The first-order valence-corrected chi connectivity index (χ1v) is 5.06. The molecule has 5 nitrogen and oxygen atoms in total. The maximum absolute atomic E-state index is 4.29. The predicted molar refractivity (Wildman–Crippen MR) is 55.5 cm³/mol. The van der Waals surface area contributed by atoms with Gasteiger partial charge in [-0.05, 0) is 13.0 Å². The van der Waals surface area contributed by atoms with Crippen LogP contribution in [0.4, 0.5) is 5.00 Å². The van der Waals surface area contributed by atoms with Gasteiger partial charge in [-0.1, -0.05) is 4.49 Å². The molecule has 0 saturated heterocycles. The van der Waals surface area contributed by atoms with Crippen LogP contribution >= 0.6 is 11.5 Å². The van der Waals surface area contributed by atoms with Gasteiger partial charge in [-0.3, -0.25) is 4.68 Å². The molecule has 1 N–H and O–H groups in total. The molecule has 0 bridgehead atoms. The van der Waals surface area contributed by atoms with Crippen LogP contribution in [-0.2, 0) is 6.54 Å². The highest BCUT2D eigenvalue weighted by atomic mass is 32.1. The molecule has 14 heavy (non-hydrogen) atoms. The number of hydrogen-bond acceptors (Lipinski definition) is 5. The lowest BCUT2D eigenvalue weighted by Crippen LogP contribution is -2.03. The van der Waals surface area contributed by atoms with Gasteiger partial charge in [0.2, 0.25) is 0 Å². The third-order valence-electron chi connectivity index (χ3n) is 1.87. The SMILES string of the molecule is CNc1snnc1Cn1ccc(C)n1. The first kappa shape index (κ1) is 9.14. The third-order valence-corrected chi connectivity index (χ3v) is 2.65. The van der Waals surface area contributed by atoms with Crippen molar-refractivity contribution in [3.8, 4) is 0 Å². The molecule has 0 aliphatic carbocycles. The average molecular weight is 209 g/mol. The summed E-state index contributed by atoms with van der Waals surface area (Å²) in [6.07, 6.45) is 1.94. The van der Waals surface area contributed by atoms with E-state index in [-0.39, 0.29) is 0 Å². The zero-order valence-corrected chi connectivity index (χ0v) is 8.88. The van der Waals surface area contributed by atoms with Crippen molar-refractivity contribution in [3.05, 3.63) is 23.7 Å². The number of rotatable bonds is 3. The van der Waals surface area contributed by atoms with Gasteiger partial charge in [-0.25, -0.2) is 0 Å². The van der Waals surface area contributed by atoms with Crippen LogP contribution in [0.3, 0.4) is 0 Å². The fraction of sp³-hybridized carbons (Fsp3) is 0.375. The Morgan fingerprint density at radius 3 is 3.07 bits per heavy atom. The smallest absolute Gasteiger partial charge is 0.135 e. The van der Waals surface area contributed by atoms with Crippen LogP contribution in [0.5, 0.6) is 0 Å². The van der Waals surface area contributed by atoms with Gasteiger partial charge in [0, 0.05) is 24.8 Å². The second-order valence-corrected chi connectivity index (χ2v) is 3.71. The lowest BCUT2D eigenvalue weighted by molar-refractivity contribution is 0.665. The molecule has 0 unspecified atom stereocenters. The van der Waals surface area contributed by atoms with Gasteiger partial charge in [-0.15, -0.1) is 5.10 Å². The van der Waals surface area contributed by atoms with Crippen LogP contribution in [0.15, 0.2) is 12.3 Å². The number of nitrogens with one attached hydrogen (secondary N) is 1. The van der Waals surface area contributed by atoms with Crippen molar-refractivity contribution in [1.82, 2.24) is 19.4 Å². The van der Waals surface area contributed by atoms with Gasteiger partial charge in [0.1, 0.15) is 10.7 Å². The summed E-state index contributed by atoms with van der Waals surface area (Å²) in [6, 6.07) is 1.97. The summed E-state index contributed by atoms with van der Waals surface area (Å²) in [4.78, 5) is 0. The van der Waals surface area contributed by atoms with E-state index >= 15 is 0 Å². The molecule has 2 rings (SSSR count). The van der Waals surface area contributed by atoms with E-state index in [1.165, 1.54) is 11.5 Å². The summed E-state index contributed by atoms with van der Waals surface area (Å²) < 4.78 is 5.74. The summed E-state index contributed by atoms with van der Waals surface area (Å²) >= 11 is 1.36. The van der Waals surface area contributed by atoms with E-state index in [1.807, 2.05) is 30.9 Å². The van der Waals surface area contributed by atoms with E-state index in [0.29, 0.717) is 6.54 Å². The van der Waals surface area contributed by atoms with Crippen molar-refractivity contribution in [2.75, 3.05) is 12.4 Å². The first-order chi connectivity index (χ1) is 6.79. The largest absolute Gasteiger partial charge is 0.377 e. The fourth-order valence-corrected chi connectivity index (χ4v) is 1.73. The molecule has 0 amide bonds. The highest BCUT2D eigenvalue weighted by molar-refractivity contribution is 7.10. The molecule has 0 aliphatic heterocycles. The molecule has 0 saturated carbocycles. The zero-order chi connectivity index (χ0) is 9.97. The molecular weight excluding hydrogens is 198 g/mol. The van der Waals surface area contributed by atoms with E-state index in [9.17, 15) is 0 Å². The minimum absolute atomic E-state index is 0.667. The van der Waals surface area contributed by atoms with Gasteiger partial charge in [0.15, 0.2) is 0 Å². The lowest BCUT2D eigenvalue weighted by Gasteiger charge is -1.99. The Hall–Kier alpha value is -1.43. The molecule has 0 aliphatic rings. The van der Waals surface area contributed by atoms with Crippen LogP contribution in [0.2, 0.25) is 0 Å². The molecule has 0 aromatic carbocycles. The second-order valence-electron chi connectivity index (χ2n) is 2.95. The maximum Gasteiger partial charge on any atom is 0.135 e. The van der Waals surface area contributed by atoms with E-state index in [4.69, 9.17) is 0 Å². The van der Waals surface area contributed by atoms with Gasteiger partial charge >= 0.3 is 0 Å². The molecule has 0 fully saturated rings. The minimum atomic E-state index is 0.667.